The van der Waals surface area contributed by atoms with Crippen LogP contribution in [-0.2, 0) is 4.74 Å². The van der Waals surface area contributed by atoms with Crippen LogP contribution in [0.15, 0.2) is 24.7 Å². The minimum atomic E-state index is -1.08. The molecule has 2 aromatic rings. The van der Waals surface area contributed by atoms with E-state index in [0.717, 1.165) is 30.3 Å². The fraction of sp³-hybridized carbons (Fsp3) is 0.0833. The molecule has 2 N–H and O–H groups in total. The largest absolute Gasteiger partial charge is 0.464 e. The molecule has 0 saturated heterocycles. The maximum atomic E-state index is 13.8. The van der Waals surface area contributed by atoms with Crippen molar-refractivity contribution in [3.63, 3.8) is 0 Å². The van der Waals surface area contributed by atoms with Gasteiger partial charge in [0.25, 0.3) is 5.91 Å². The van der Waals surface area contributed by atoms with E-state index in [4.69, 9.17) is 5.73 Å². The van der Waals surface area contributed by atoms with Crippen molar-refractivity contribution >= 4 is 11.9 Å². The van der Waals surface area contributed by atoms with Crippen LogP contribution in [0, 0.1) is 11.6 Å². The Morgan fingerprint density at radius 3 is 2.60 bits per heavy atom. The van der Waals surface area contributed by atoms with Gasteiger partial charge in [-0.25, -0.2) is 18.6 Å². The molecule has 104 valence electrons. The van der Waals surface area contributed by atoms with Crippen LogP contribution in [0.25, 0.3) is 5.69 Å². The molecular formula is C12H9F2N3O3. The maximum absolute atomic E-state index is 13.8. The first-order valence-electron chi connectivity index (χ1n) is 5.35. The number of benzene rings is 1. The number of hydrogen-bond donors (Lipinski definition) is 1. The lowest BCUT2D eigenvalue weighted by atomic mass is 10.1. The highest BCUT2D eigenvalue weighted by Crippen LogP contribution is 2.20. The molecular weight excluding hydrogens is 272 g/mol. The molecule has 1 amide bonds. The zero-order valence-electron chi connectivity index (χ0n) is 10.3. The van der Waals surface area contributed by atoms with Gasteiger partial charge in [0, 0.05) is 6.07 Å². The minimum absolute atomic E-state index is 0.0755. The first-order chi connectivity index (χ1) is 9.45. The molecule has 1 heterocycles. The minimum Gasteiger partial charge on any atom is -0.464 e. The number of esters is 1. The molecule has 8 heteroatoms. The van der Waals surface area contributed by atoms with Crippen molar-refractivity contribution in [2.45, 2.75) is 0 Å². The third-order valence-corrected chi connectivity index (χ3v) is 2.59. The standard InChI is InChI=1S/C12H9F2N3O3/c1-20-12(19)10-4-16-5-17(10)9-2-6(11(15)18)7(13)3-8(9)14/h2-5H,1H3,(H2,15,18). The highest BCUT2D eigenvalue weighted by atomic mass is 19.1. The number of carbonyl (C=O) groups is 2. The molecule has 0 aliphatic heterocycles. The zero-order valence-corrected chi connectivity index (χ0v) is 10.3. The van der Waals surface area contributed by atoms with Gasteiger partial charge in [-0.2, -0.15) is 0 Å². The molecule has 0 unspecified atom stereocenters. The zero-order chi connectivity index (χ0) is 14.9. The van der Waals surface area contributed by atoms with Gasteiger partial charge in [0.05, 0.1) is 30.9 Å². The van der Waals surface area contributed by atoms with E-state index in [1.807, 2.05) is 0 Å². The van der Waals surface area contributed by atoms with Crippen molar-refractivity contribution in [1.82, 2.24) is 9.55 Å². The van der Waals surface area contributed by atoms with Gasteiger partial charge < -0.3 is 10.5 Å². The Hall–Kier alpha value is -2.77. The molecule has 2 rings (SSSR count). The molecule has 6 nitrogen and oxygen atoms in total. The first-order valence-corrected chi connectivity index (χ1v) is 5.35. The first kappa shape index (κ1) is 13.7. The summed E-state index contributed by atoms with van der Waals surface area (Å²) in [5, 5.41) is 0. The highest BCUT2D eigenvalue weighted by Gasteiger charge is 2.19. The SMILES string of the molecule is COC(=O)c1cncn1-c1cc(C(N)=O)c(F)cc1F. The van der Waals surface area contributed by atoms with Crippen molar-refractivity contribution in [3.8, 4) is 5.69 Å². The van der Waals surface area contributed by atoms with Gasteiger partial charge in [-0.3, -0.25) is 9.36 Å². The number of rotatable bonds is 3. The summed E-state index contributed by atoms with van der Waals surface area (Å²) >= 11 is 0. The van der Waals surface area contributed by atoms with Gasteiger partial charge in [-0.1, -0.05) is 0 Å². The summed E-state index contributed by atoms with van der Waals surface area (Å²) in [6.45, 7) is 0. The monoisotopic (exact) mass is 281 g/mol. The van der Waals surface area contributed by atoms with Gasteiger partial charge in [0.15, 0.2) is 5.69 Å². The van der Waals surface area contributed by atoms with Crippen LogP contribution in [0.2, 0.25) is 0 Å². The van der Waals surface area contributed by atoms with Crippen LogP contribution < -0.4 is 5.73 Å². The maximum Gasteiger partial charge on any atom is 0.356 e. The Kier molecular flexibility index (Phi) is 3.47. The average molecular weight is 281 g/mol. The summed E-state index contributed by atoms with van der Waals surface area (Å²) in [7, 11) is 1.15. The Bertz CT molecular complexity index is 697. The van der Waals surface area contributed by atoms with E-state index in [0.29, 0.717) is 6.07 Å². The van der Waals surface area contributed by atoms with E-state index in [1.54, 1.807) is 0 Å². The van der Waals surface area contributed by atoms with Crippen LogP contribution >= 0.6 is 0 Å². The lowest BCUT2D eigenvalue weighted by Crippen LogP contribution is -2.16. The number of hydrogen-bond acceptors (Lipinski definition) is 4. The Morgan fingerprint density at radius 1 is 1.30 bits per heavy atom. The number of imidazole rings is 1. The molecule has 0 atom stereocenters. The number of methoxy groups -OCH3 is 1. The predicted octanol–water partition coefficient (Wildman–Crippen LogP) is 1.04. The summed E-state index contributed by atoms with van der Waals surface area (Å²) in [4.78, 5) is 26.3. The van der Waals surface area contributed by atoms with Crippen LogP contribution in [0.1, 0.15) is 20.8 Å². The molecule has 0 radical (unpaired) electrons. The van der Waals surface area contributed by atoms with Gasteiger partial charge in [0.2, 0.25) is 0 Å². The Balaban J connectivity index is 2.64. The predicted molar refractivity (Wildman–Crippen MR) is 63.3 cm³/mol. The van der Waals surface area contributed by atoms with E-state index >= 15 is 0 Å². The van der Waals surface area contributed by atoms with Gasteiger partial charge in [0.1, 0.15) is 11.6 Å². The van der Waals surface area contributed by atoms with Crippen molar-refractivity contribution in [3.05, 3.63) is 47.5 Å². The fourth-order valence-electron chi connectivity index (χ4n) is 1.65. The van der Waals surface area contributed by atoms with Crippen LogP contribution in [0.4, 0.5) is 8.78 Å². The molecule has 0 aliphatic rings. The van der Waals surface area contributed by atoms with E-state index in [1.165, 1.54) is 0 Å². The quantitative estimate of drug-likeness (QED) is 0.851. The number of carbonyl (C=O) groups excluding carboxylic acids is 2. The lowest BCUT2D eigenvalue weighted by molar-refractivity contribution is 0.0591. The van der Waals surface area contributed by atoms with Gasteiger partial charge >= 0.3 is 5.97 Å². The van der Waals surface area contributed by atoms with Crippen molar-refractivity contribution < 1.29 is 23.1 Å². The van der Waals surface area contributed by atoms with Gasteiger partial charge in [-0.15, -0.1) is 0 Å². The summed E-state index contributed by atoms with van der Waals surface area (Å²) in [5.41, 5.74) is 4.19. The molecule has 1 aromatic heterocycles. The molecule has 1 aromatic carbocycles. The van der Waals surface area contributed by atoms with Crippen molar-refractivity contribution in [2.24, 2.45) is 5.73 Å². The number of nitrogens with zero attached hydrogens (tertiary/aromatic N) is 2. The number of nitrogens with two attached hydrogens (primary N) is 1. The van der Waals surface area contributed by atoms with Crippen molar-refractivity contribution in [2.75, 3.05) is 7.11 Å². The van der Waals surface area contributed by atoms with Crippen LogP contribution in [0.3, 0.4) is 0 Å². The summed E-state index contributed by atoms with van der Waals surface area (Å²) in [6, 6.07) is 1.41. The topological polar surface area (TPSA) is 87.2 Å². The van der Waals surface area contributed by atoms with E-state index < -0.39 is 29.1 Å². The number of halogens is 2. The van der Waals surface area contributed by atoms with Gasteiger partial charge in [-0.05, 0) is 6.07 Å². The third kappa shape index (κ3) is 2.22. The molecule has 0 aliphatic carbocycles. The fourth-order valence-corrected chi connectivity index (χ4v) is 1.65. The molecule has 0 spiro atoms. The summed E-state index contributed by atoms with van der Waals surface area (Å²) in [5.74, 6) is -3.87. The van der Waals surface area contributed by atoms with E-state index in [-0.39, 0.29) is 11.4 Å². The van der Waals surface area contributed by atoms with Crippen LogP contribution in [0.5, 0.6) is 0 Å². The summed E-state index contributed by atoms with van der Waals surface area (Å²) < 4.78 is 32.7. The highest BCUT2D eigenvalue weighted by molar-refractivity contribution is 5.94. The van der Waals surface area contributed by atoms with Crippen LogP contribution in [-0.4, -0.2) is 28.5 Å². The third-order valence-electron chi connectivity index (χ3n) is 2.59. The summed E-state index contributed by atoms with van der Waals surface area (Å²) in [6.07, 6.45) is 2.28. The normalized spacial score (nSPS) is 10.3. The number of aromatic nitrogens is 2. The second kappa shape index (κ2) is 5.08. The molecule has 0 saturated carbocycles. The van der Waals surface area contributed by atoms with E-state index in [9.17, 15) is 18.4 Å². The Labute approximate surface area is 111 Å². The second-order valence-corrected chi connectivity index (χ2v) is 3.79. The number of amides is 1. The van der Waals surface area contributed by atoms with Crippen molar-refractivity contribution in [1.29, 1.82) is 0 Å². The smallest absolute Gasteiger partial charge is 0.356 e. The number of ether oxygens (including phenoxy) is 1. The lowest BCUT2D eigenvalue weighted by Gasteiger charge is -2.09. The number of primary amides is 1. The second-order valence-electron chi connectivity index (χ2n) is 3.79. The van der Waals surface area contributed by atoms with E-state index in [2.05, 4.69) is 9.72 Å². The molecule has 0 fully saturated rings. The molecule has 20 heavy (non-hydrogen) atoms. The Morgan fingerprint density at radius 2 is 2.00 bits per heavy atom. The molecule has 0 bridgehead atoms. The average Bonchev–Trinajstić information content (AvgIpc) is 2.86.